The maximum Gasteiger partial charge on any atom is 0.209 e. The molecule has 0 atom stereocenters. The van der Waals surface area contributed by atoms with E-state index < -0.39 is 0 Å². The molecule has 3 aromatic rings. The summed E-state index contributed by atoms with van der Waals surface area (Å²) in [5.41, 5.74) is 4.90. The lowest BCUT2D eigenvalue weighted by atomic mass is 10.0. The molecule has 160 valence electrons. The second kappa shape index (κ2) is 10.1. The quantitative estimate of drug-likeness (QED) is 0.407. The molecule has 1 aromatic carbocycles. The van der Waals surface area contributed by atoms with Crippen molar-refractivity contribution in [1.29, 1.82) is 0 Å². The van der Waals surface area contributed by atoms with Gasteiger partial charge < -0.3 is 14.5 Å². The lowest BCUT2D eigenvalue weighted by Crippen LogP contribution is -2.03. The summed E-state index contributed by atoms with van der Waals surface area (Å²) in [6, 6.07) is 8.43. The first kappa shape index (κ1) is 21.7. The number of ether oxygens (including phenoxy) is 2. The summed E-state index contributed by atoms with van der Waals surface area (Å²) in [4.78, 5) is 12.3. The molecular formula is C24H32N4O2. The van der Waals surface area contributed by atoms with Gasteiger partial charge in [-0.25, -0.2) is 4.98 Å². The van der Waals surface area contributed by atoms with Gasteiger partial charge in [0.1, 0.15) is 5.75 Å². The molecular weight excluding hydrogens is 376 g/mol. The first-order valence-corrected chi connectivity index (χ1v) is 10.7. The summed E-state index contributed by atoms with van der Waals surface area (Å²) in [7, 11) is 1.63. The highest BCUT2D eigenvalue weighted by Gasteiger charge is 2.10. The Hall–Kier alpha value is -3.02. The van der Waals surface area contributed by atoms with Gasteiger partial charge in [-0.3, -0.25) is 5.32 Å². The molecule has 0 bridgehead atoms. The molecule has 0 fully saturated rings. The molecule has 6 nitrogen and oxygen atoms in total. The van der Waals surface area contributed by atoms with E-state index in [4.69, 9.17) is 9.47 Å². The zero-order valence-corrected chi connectivity index (χ0v) is 18.6. The van der Waals surface area contributed by atoms with Crippen molar-refractivity contribution in [3.05, 3.63) is 48.0 Å². The normalized spacial score (nSPS) is 11.9. The SMILES string of the molecule is CC/C=C(/Nc1nc2ncc(-c3ccc(OCCC(C)C)c(CC)c3)cc2[nH]1)OC. The topological polar surface area (TPSA) is 72.1 Å². The molecule has 0 aliphatic carbocycles. The van der Waals surface area contributed by atoms with Gasteiger partial charge in [0.05, 0.1) is 19.2 Å². The van der Waals surface area contributed by atoms with Gasteiger partial charge in [-0.05, 0) is 60.6 Å². The zero-order chi connectivity index (χ0) is 21.5. The van der Waals surface area contributed by atoms with Crippen LogP contribution in [0.2, 0.25) is 0 Å². The zero-order valence-electron chi connectivity index (χ0n) is 18.6. The number of nitrogens with zero attached hydrogens (tertiary/aromatic N) is 2. The molecule has 0 amide bonds. The van der Waals surface area contributed by atoms with Crippen LogP contribution in [0.3, 0.4) is 0 Å². The summed E-state index contributed by atoms with van der Waals surface area (Å²) in [6.45, 7) is 9.38. The number of hydrogen-bond acceptors (Lipinski definition) is 5. The van der Waals surface area contributed by atoms with Gasteiger partial charge in [0.2, 0.25) is 5.95 Å². The maximum atomic E-state index is 6.01. The van der Waals surface area contributed by atoms with Crippen molar-refractivity contribution in [1.82, 2.24) is 15.0 Å². The van der Waals surface area contributed by atoms with E-state index in [2.05, 4.69) is 72.2 Å². The number of aromatic amines is 1. The Balaban J connectivity index is 1.83. The molecule has 2 heterocycles. The number of fused-ring (bicyclic) bond motifs is 1. The van der Waals surface area contributed by atoms with Gasteiger partial charge in [-0.1, -0.05) is 33.8 Å². The van der Waals surface area contributed by atoms with Gasteiger partial charge >= 0.3 is 0 Å². The molecule has 0 saturated heterocycles. The highest BCUT2D eigenvalue weighted by Crippen LogP contribution is 2.29. The van der Waals surface area contributed by atoms with Gasteiger partial charge in [-0.2, -0.15) is 4.98 Å². The van der Waals surface area contributed by atoms with E-state index in [1.165, 1.54) is 5.56 Å². The molecule has 0 aliphatic heterocycles. The number of nitrogens with one attached hydrogen (secondary N) is 2. The van der Waals surface area contributed by atoms with Crippen LogP contribution >= 0.6 is 0 Å². The van der Waals surface area contributed by atoms with Gasteiger partial charge in [-0.15, -0.1) is 0 Å². The third-order valence-electron chi connectivity index (χ3n) is 4.92. The van der Waals surface area contributed by atoms with E-state index in [0.29, 0.717) is 23.4 Å². The smallest absolute Gasteiger partial charge is 0.209 e. The van der Waals surface area contributed by atoms with Crippen molar-refractivity contribution < 1.29 is 9.47 Å². The van der Waals surface area contributed by atoms with Crippen LogP contribution in [0.4, 0.5) is 5.95 Å². The van der Waals surface area contributed by atoms with E-state index in [1.54, 1.807) is 7.11 Å². The number of imidazole rings is 1. The van der Waals surface area contributed by atoms with Crippen LogP contribution in [-0.2, 0) is 11.2 Å². The Morgan fingerprint density at radius 2 is 2.03 bits per heavy atom. The van der Waals surface area contributed by atoms with E-state index >= 15 is 0 Å². The summed E-state index contributed by atoms with van der Waals surface area (Å²) in [5.74, 6) is 2.88. The molecule has 0 saturated carbocycles. The molecule has 0 spiro atoms. The predicted octanol–water partition coefficient (Wildman–Crippen LogP) is 5.92. The van der Waals surface area contributed by atoms with Crippen molar-refractivity contribution in [2.75, 3.05) is 19.0 Å². The lowest BCUT2D eigenvalue weighted by molar-refractivity contribution is 0.287. The van der Waals surface area contributed by atoms with E-state index in [-0.39, 0.29) is 0 Å². The van der Waals surface area contributed by atoms with Gasteiger partial charge in [0, 0.05) is 11.8 Å². The first-order valence-electron chi connectivity index (χ1n) is 10.7. The van der Waals surface area contributed by atoms with Crippen molar-refractivity contribution in [3.63, 3.8) is 0 Å². The van der Waals surface area contributed by atoms with Crippen molar-refractivity contribution in [2.24, 2.45) is 5.92 Å². The summed E-state index contributed by atoms with van der Waals surface area (Å²) in [6.07, 6.45) is 6.67. The van der Waals surface area contributed by atoms with E-state index in [9.17, 15) is 0 Å². The Bertz CT molecular complexity index is 1010. The van der Waals surface area contributed by atoms with Crippen LogP contribution in [0.1, 0.15) is 46.1 Å². The van der Waals surface area contributed by atoms with Crippen molar-refractivity contribution >= 4 is 17.1 Å². The van der Waals surface area contributed by atoms with Crippen LogP contribution in [-0.4, -0.2) is 28.7 Å². The number of methoxy groups -OCH3 is 1. The van der Waals surface area contributed by atoms with Crippen LogP contribution < -0.4 is 10.1 Å². The molecule has 0 radical (unpaired) electrons. The van der Waals surface area contributed by atoms with Crippen molar-refractivity contribution in [2.45, 2.75) is 47.0 Å². The average molecular weight is 409 g/mol. The highest BCUT2D eigenvalue weighted by molar-refractivity contribution is 5.80. The Morgan fingerprint density at radius 1 is 1.20 bits per heavy atom. The molecule has 0 aliphatic rings. The van der Waals surface area contributed by atoms with E-state index in [0.717, 1.165) is 48.3 Å². The number of aryl methyl sites for hydroxylation is 1. The molecule has 2 aromatic heterocycles. The number of rotatable bonds is 10. The minimum Gasteiger partial charge on any atom is -0.493 e. The van der Waals surface area contributed by atoms with Gasteiger partial charge in [0.15, 0.2) is 11.5 Å². The fourth-order valence-electron chi connectivity index (χ4n) is 3.19. The number of hydrogen-bond donors (Lipinski definition) is 2. The second-order valence-corrected chi connectivity index (χ2v) is 7.69. The number of pyridine rings is 1. The molecule has 3 rings (SSSR count). The monoisotopic (exact) mass is 408 g/mol. The molecule has 0 unspecified atom stereocenters. The van der Waals surface area contributed by atoms with Gasteiger partial charge in [0.25, 0.3) is 0 Å². The van der Waals surface area contributed by atoms with E-state index in [1.807, 2.05) is 12.3 Å². The molecule has 2 N–H and O–H groups in total. The number of anilines is 1. The average Bonchev–Trinajstić information content (AvgIpc) is 3.14. The molecule has 30 heavy (non-hydrogen) atoms. The van der Waals surface area contributed by atoms with Crippen LogP contribution in [0.25, 0.3) is 22.3 Å². The Kier molecular flexibility index (Phi) is 7.33. The van der Waals surface area contributed by atoms with Crippen LogP contribution in [0.5, 0.6) is 5.75 Å². The summed E-state index contributed by atoms with van der Waals surface area (Å²) < 4.78 is 11.3. The standard InChI is InChI=1S/C24H32N4O2/c1-6-8-22(29-5)27-24-26-20-14-19(15-25-23(20)28-24)18-9-10-21(17(7-2)13-18)30-12-11-16(3)4/h8-10,13-16H,6-7,11-12H2,1-5H3,(H2,25,26,27,28)/b22-8-. The predicted molar refractivity (Wildman–Crippen MR) is 123 cm³/mol. The minimum absolute atomic E-state index is 0.611. The number of H-pyrrole nitrogens is 1. The second-order valence-electron chi connectivity index (χ2n) is 7.69. The fourth-order valence-corrected chi connectivity index (χ4v) is 3.19. The third-order valence-corrected chi connectivity index (χ3v) is 4.92. The summed E-state index contributed by atoms with van der Waals surface area (Å²) >= 11 is 0. The maximum absolute atomic E-state index is 6.01. The molecule has 6 heteroatoms. The Morgan fingerprint density at radius 3 is 2.73 bits per heavy atom. The van der Waals surface area contributed by atoms with Crippen molar-refractivity contribution in [3.8, 4) is 16.9 Å². The minimum atomic E-state index is 0.611. The first-order chi connectivity index (χ1) is 14.5. The highest BCUT2D eigenvalue weighted by atomic mass is 16.5. The lowest BCUT2D eigenvalue weighted by Gasteiger charge is -2.13. The largest absolute Gasteiger partial charge is 0.493 e. The van der Waals surface area contributed by atoms with Crippen LogP contribution in [0.15, 0.2) is 42.4 Å². The fraction of sp³-hybridized carbons (Fsp3) is 0.417. The number of allylic oxidation sites excluding steroid dienone is 1. The number of aromatic nitrogens is 3. The number of benzene rings is 1. The summed E-state index contributed by atoms with van der Waals surface area (Å²) in [5, 5.41) is 3.15. The third kappa shape index (κ3) is 5.32. The Labute approximate surface area is 178 Å². The van der Waals surface area contributed by atoms with Crippen LogP contribution in [0, 0.1) is 5.92 Å².